The standard InChI is InChI=1S/C21H15F6N3O2/c1-11-17(10-28-18(29-11)12-3-5-16(32-2)6-4-12)19(31)30-15-8-13(20(22,23)24)7-14(9-15)21(25,26)27/h3-10H,1-2H3,(H,30,31). The maximum absolute atomic E-state index is 13.0. The number of aryl methyl sites for hydroxylation is 1. The first-order chi connectivity index (χ1) is 14.9. The highest BCUT2D eigenvalue weighted by Gasteiger charge is 2.37. The predicted octanol–water partition coefficient (Wildman–Crippen LogP) is 5.75. The van der Waals surface area contributed by atoms with Crippen LogP contribution in [0, 0.1) is 6.92 Å². The molecule has 32 heavy (non-hydrogen) atoms. The van der Waals surface area contributed by atoms with Crippen LogP contribution in [0.5, 0.6) is 5.75 Å². The van der Waals surface area contributed by atoms with Gasteiger partial charge in [-0.3, -0.25) is 4.79 Å². The smallest absolute Gasteiger partial charge is 0.416 e. The van der Waals surface area contributed by atoms with Gasteiger partial charge in [-0.1, -0.05) is 0 Å². The third-order valence-electron chi connectivity index (χ3n) is 4.42. The average molecular weight is 455 g/mol. The molecule has 0 aliphatic carbocycles. The number of hydrogen-bond acceptors (Lipinski definition) is 4. The lowest BCUT2D eigenvalue weighted by atomic mass is 10.1. The number of alkyl halides is 6. The van der Waals surface area contributed by atoms with Gasteiger partial charge >= 0.3 is 12.4 Å². The average Bonchev–Trinajstić information content (AvgIpc) is 2.72. The van der Waals surface area contributed by atoms with E-state index < -0.39 is 35.1 Å². The van der Waals surface area contributed by atoms with Crippen LogP contribution in [-0.4, -0.2) is 23.0 Å². The number of carbonyl (C=O) groups excluding carboxylic acids is 1. The molecule has 1 amide bonds. The Hall–Kier alpha value is -3.63. The molecular weight excluding hydrogens is 440 g/mol. The first-order valence-electron chi connectivity index (χ1n) is 8.97. The van der Waals surface area contributed by atoms with E-state index in [2.05, 4.69) is 15.3 Å². The molecule has 11 heteroatoms. The highest BCUT2D eigenvalue weighted by molar-refractivity contribution is 6.05. The number of ether oxygens (including phenoxy) is 1. The third-order valence-corrected chi connectivity index (χ3v) is 4.42. The molecule has 0 radical (unpaired) electrons. The lowest BCUT2D eigenvalue weighted by Gasteiger charge is -2.15. The van der Waals surface area contributed by atoms with Gasteiger partial charge in [-0.2, -0.15) is 26.3 Å². The summed E-state index contributed by atoms with van der Waals surface area (Å²) in [6.07, 6.45) is -8.91. The van der Waals surface area contributed by atoms with E-state index in [9.17, 15) is 31.1 Å². The molecule has 1 heterocycles. The third kappa shape index (κ3) is 5.16. The number of benzene rings is 2. The monoisotopic (exact) mass is 455 g/mol. The van der Waals surface area contributed by atoms with Crippen molar-refractivity contribution in [3.8, 4) is 17.1 Å². The minimum absolute atomic E-state index is 0.0202. The summed E-state index contributed by atoms with van der Waals surface area (Å²) < 4.78 is 83.1. The fraction of sp³-hybridized carbons (Fsp3) is 0.190. The maximum Gasteiger partial charge on any atom is 0.416 e. The molecule has 0 saturated heterocycles. The van der Waals surface area contributed by atoms with Crippen molar-refractivity contribution in [2.45, 2.75) is 19.3 Å². The van der Waals surface area contributed by atoms with Crippen LogP contribution in [0.3, 0.4) is 0 Å². The summed E-state index contributed by atoms with van der Waals surface area (Å²) in [5.74, 6) is -0.0582. The lowest BCUT2D eigenvalue weighted by Crippen LogP contribution is -2.17. The quantitative estimate of drug-likeness (QED) is 0.509. The van der Waals surface area contributed by atoms with Crippen molar-refractivity contribution < 1.29 is 35.9 Å². The molecule has 0 spiro atoms. The summed E-state index contributed by atoms with van der Waals surface area (Å²) >= 11 is 0. The second-order valence-electron chi connectivity index (χ2n) is 6.67. The van der Waals surface area contributed by atoms with Gasteiger partial charge in [0.05, 0.1) is 29.5 Å². The SMILES string of the molecule is COc1ccc(-c2ncc(C(=O)Nc3cc(C(F)(F)F)cc(C(F)(F)F)c3)c(C)n2)cc1. The molecule has 168 valence electrons. The summed E-state index contributed by atoms with van der Waals surface area (Å²) in [5, 5.41) is 2.06. The van der Waals surface area contributed by atoms with Gasteiger partial charge < -0.3 is 10.1 Å². The van der Waals surface area contributed by atoms with Gasteiger partial charge in [0, 0.05) is 17.4 Å². The second kappa shape index (κ2) is 8.48. The molecule has 0 atom stereocenters. The Morgan fingerprint density at radius 1 is 0.938 bits per heavy atom. The zero-order valence-electron chi connectivity index (χ0n) is 16.6. The number of anilines is 1. The molecule has 5 nitrogen and oxygen atoms in total. The zero-order chi connectivity index (χ0) is 23.7. The first-order valence-corrected chi connectivity index (χ1v) is 8.97. The highest BCUT2D eigenvalue weighted by atomic mass is 19.4. The van der Waals surface area contributed by atoms with Gasteiger partial charge in [-0.25, -0.2) is 9.97 Å². The van der Waals surface area contributed by atoms with Crippen molar-refractivity contribution in [3.05, 3.63) is 71.0 Å². The normalized spacial score (nSPS) is 11.9. The molecule has 0 fully saturated rings. The number of carbonyl (C=O) groups is 1. The molecule has 3 aromatic rings. The van der Waals surface area contributed by atoms with Gasteiger partial charge in [0.25, 0.3) is 5.91 Å². The molecule has 0 bridgehead atoms. The van der Waals surface area contributed by atoms with E-state index in [-0.39, 0.29) is 23.1 Å². The van der Waals surface area contributed by atoms with Gasteiger partial charge in [0.2, 0.25) is 0 Å². The molecule has 1 aromatic heterocycles. The molecule has 1 N–H and O–H groups in total. The number of amides is 1. The van der Waals surface area contributed by atoms with E-state index in [1.54, 1.807) is 24.3 Å². The van der Waals surface area contributed by atoms with Crippen LogP contribution in [0.2, 0.25) is 0 Å². The number of halogens is 6. The molecule has 0 saturated carbocycles. The Balaban J connectivity index is 1.90. The zero-order valence-corrected chi connectivity index (χ0v) is 16.6. The first kappa shape index (κ1) is 23.0. The van der Waals surface area contributed by atoms with E-state index in [1.165, 1.54) is 14.0 Å². The highest BCUT2D eigenvalue weighted by Crippen LogP contribution is 2.37. The largest absolute Gasteiger partial charge is 0.497 e. The lowest BCUT2D eigenvalue weighted by molar-refractivity contribution is -0.143. The summed E-state index contributed by atoms with van der Waals surface area (Å²) in [6.45, 7) is 1.47. The van der Waals surface area contributed by atoms with Crippen LogP contribution in [0.4, 0.5) is 32.0 Å². The van der Waals surface area contributed by atoms with Crippen molar-refractivity contribution in [1.82, 2.24) is 9.97 Å². The Kier molecular flexibility index (Phi) is 6.11. The Morgan fingerprint density at radius 3 is 1.97 bits per heavy atom. The van der Waals surface area contributed by atoms with E-state index in [4.69, 9.17) is 4.74 Å². The topological polar surface area (TPSA) is 64.1 Å². The van der Waals surface area contributed by atoms with Crippen LogP contribution in [0.25, 0.3) is 11.4 Å². The van der Waals surface area contributed by atoms with Gasteiger partial charge in [-0.15, -0.1) is 0 Å². The van der Waals surface area contributed by atoms with Crippen LogP contribution >= 0.6 is 0 Å². The summed E-state index contributed by atoms with van der Waals surface area (Å²) in [4.78, 5) is 20.8. The molecular formula is C21H15F6N3O2. The van der Waals surface area contributed by atoms with E-state index in [0.717, 1.165) is 6.20 Å². The fourth-order valence-corrected chi connectivity index (χ4v) is 2.79. The second-order valence-corrected chi connectivity index (χ2v) is 6.67. The van der Waals surface area contributed by atoms with Crippen LogP contribution in [0.15, 0.2) is 48.7 Å². The Morgan fingerprint density at radius 2 is 1.50 bits per heavy atom. The minimum atomic E-state index is -5.03. The van der Waals surface area contributed by atoms with Crippen molar-refractivity contribution in [1.29, 1.82) is 0 Å². The van der Waals surface area contributed by atoms with Crippen LogP contribution in [-0.2, 0) is 12.4 Å². The Bertz CT molecular complexity index is 1110. The molecule has 0 unspecified atom stereocenters. The van der Waals surface area contributed by atoms with Gasteiger partial charge in [0.1, 0.15) is 5.75 Å². The summed E-state index contributed by atoms with van der Waals surface area (Å²) in [6, 6.07) is 7.57. The molecule has 0 aliphatic rings. The van der Waals surface area contributed by atoms with Crippen molar-refractivity contribution in [2.75, 3.05) is 12.4 Å². The summed E-state index contributed by atoms with van der Waals surface area (Å²) in [7, 11) is 1.51. The number of rotatable bonds is 4. The van der Waals surface area contributed by atoms with Crippen LogP contribution < -0.4 is 10.1 Å². The number of hydrogen-bond donors (Lipinski definition) is 1. The van der Waals surface area contributed by atoms with Gasteiger partial charge in [-0.05, 0) is 49.4 Å². The van der Waals surface area contributed by atoms with E-state index >= 15 is 0 Å². The van der Waals surface area contributed by atoms with Crippen molar-refractivity contribution in [2.24, 2.45) is 0 Å². The number of nitrogens with zero attached hydrogens (tertiary/aromatic N) is 2. The van der Waals surface area contributed by atoms with E-state index in [0.29, 0.717) is 23.4 Å². The van der Waals surface area contributed by atoms with E-state index in [1.807, 2.05) is 0 Å². The molecule has 3 rings (SSSR count). The number of methoxy groups -OCH3 is 1. The minimum Gasteiger partial charge on any atom is -0.497 e. The predicted molar refractivity (Wildman–Crippen MR) is 103 cm³/mol. The summed E-state index contributed by atoms with van der Waals surface area (Å²) in [5.41, 5.74) is -3.03. The number of aromatic nitrogens is 2. The maximum atomic E-state index is 13.0. The molecule has 2 aromatic carbocycles. The van der Waals surface area contributed by atoms with Crippen molar-refractivity contribution >= 4 is 11.6 Å². The van der Waals surface area contributed by atoms with Gasteiger partial charge in [0.15, 0.2) is 5.82 Å². The van der Waals surface area contributed by atoms with Crippen molar-refractivity contribution in [3.63, 3.8) is 0 Å². The number of nitrogens with one attached hydrogen (secondary N) is 1. The fourth-order valence-electron chi connectivity index (χ4n) is 2.79. The Labute approximate surface area is 178 Å². The molecule has 0 aliphatic heterocycles. The van der Waals surface area contributed by atoms with Crippen LogP contribution in [0.1, 0.15) is 27.2 Å².